The number of nitrogens with one attached hydrogen (secondary N) is 1. The van der Waals surface area contributed by atoms with Crippen molar-refractivity contribution >= 4 is 23.6 Å². The SMILES string of the molecule is COC(=O)NC1CCN(c2ccc(N3C[C@H](COc4ccon4)OC3=O)cc2F)CC1. The molecule has 2 aliphatic heterocycles. The van der Waals surface area contributed by atoms with E-state index in [-0.39, 0.29) is 19.2 Å². The number of piperidine rings is 1. The third-order valence-corrected chi connectivity index (χ3v) is 5.29. The van der Waals surface area contributed by atoms with Gasteiger partial charge in [-0.1, -0.05) is 0 Å². The number of hydrogen-bond donors (Lipinski definition) is 1. The van der Waals surface area contributed by atoms with Crippen LogP contribution in [0.4, 0.5) is 25.4 Å². The predicted molar refractivity (Wildman–Crippen MR) is 107 cm³/mol. The Morgan fingerprint density at radius 2 is 2.13 bits per heavy atom. The minimum absolute atomic E-state index is 0.00167. The number of alkyl carbamates (subject to hydrolysis) is 1. The number of carbonyl (C=O) groups is 2. The van der Waals surface area contributed by atoms with E-state index >= 15 is 0 Å². The van der Waals surface area contributed by atoms with Gasteiger partial charge in [-0.3, -0.25) is 4.90 Å². The quantitative estimate of drug-likeness (QED) is 0.739. The van der Waals surface area contributed by atoms with Crippen LogP contribution in [0.5, 0.6) is 5.88 Å². The number of nitrogens with zero attached hydrogens (tertiary/aromatic N) is 3. The van der Waals surface area contributed by atoms with Crippen LogP contribution in [0.25, 0.3) is 0 Å². The maximum Gasteiger partial charge on any atom is 0.414 e. The van der Waals surface area contributed by atoms with Gasteiger partial charge in [0.25, 0.3) is 5.88 Å². The molecule has 0 saturated carbocycles. The fourth-order valence-electron chi connectivity index (χ4n) is 3.68. The summed E-state index contributed by atoms with van der Waals surface area (Å²) in [4.78, 5) is 26.9. The number of halogens is 1. The summed E-state index contributed by atoms with van der Waals surface area (Å²) in [6.45, 7) is 1.54. The Kier molecular flexibility index (Phi) is 6.10. The molecule has 0 radical (unpaired) electrons. The zero-order valence-corrected chi connectivity index (χ0v) is 17.0. The standard InChI is InChI=1S/C20H23FN4O6/c1-28-19(26)22-13-4-7-24(8-5-13)17-3-2-14(10-16(17)21)25-11-15(31-20(25)27)12-29-18-6-9-30-23-18/h2-3,6,9-10,13,15H,4-5,7-8,11-12H2,1H3,(H,22,26)/t15-/m1/s1. The van der Waals surface area contributed by atoms with Crippen molar-refractivity contribution in [2.45, 2.75) is 25.0 Å². The molecule has 1 N–H and O–H groups in total. The Bertz CT molecular complexity index is 916. The smallest absolute Gasteiger partial charge is 0.414 e. The lowest BCUT2D eigenvalue weighted by molar-refractivity contribution is 0.101. The second-order valence-electron chi connectivity index (χ2n) is 7.30. The van der Waals surface area contributed by atoms with Crippen molar-refractivity contribution < 1.29 is 32.7 Å². The number of ether oxygens (including phenoxy) is 3. The average molecular weight is 434 g/mol. The van der Waals surface area contributed by atoms with Crippen LogP contribution in [0, 0.1) is 5.82 Å². The molecule has 0 spiro atoms. The molecule has 2 amide bonds. The molecule has 3 heterocycles. The molecule has 2 aliphatic rings. The molecule has 0 unspecified atom stereocenters. The minimum Gasteiger partial charge on any atom is -0.471 e. The van der Waals surface area contributed by atoms with Crippen LogP contribution in [-0.4, -0.2) is 62.8 Å². The van der Waals surface area contributed by atoms with Crippen molar-refractivity contribution in [2.24, 2.45) is 0 Å². The van der Waals surface area contributed by atoms with Gasteiger partial charge in [-0.05, 0) is 36.2 Å². The van der Waals surface area contributed by atoms with E-state index in [1.807, 2.05) is 4.90 Å². The third-order valence-electron chi connectivity index (χ3n) is 5.29. The number of benzene rings is 1. The van der Waals surface area contributed by atoms with Gasteiger partial charge in [0.2, 0.25) is 0 Å². The molecule has 2 saturated heterocycles. The molecule has 11 heteroatoms. The fourth-order valence-corrected chi connectivity index (χ4v) is 3.68. The zero-order valence-electron chi connectivity index (χ0n) is 17.0. The molecule has 1 aromatic heterocycles. The second kappa shape index (κ2) is 9.11. The highest BCUT2D eigenvalue weighted by Gasteiger charge is 2.33. The van der Waals surface area contributed by atoms with Crippen molar-refractivity contribution in [1.29, 1.82) is 0 Å². The van der Waals surface area contributed by atoms with Gasteiger partial charge in [0, 0.05) is 25.2 Å². The summed E-state index contributed by atoms with van der Waals surface area (Å²) in [7, 11) is 1.32. The highest BCUT2D eigenvalue weighted by atomic mass is 19.1. The van der Waals surface area contributed by atoms with Crippen molar-refractivity contribution in [1.82, 2.24) is 10.5 Å². The van der Waals surface area contributed by atoms with Crippen molar-refractivity contribution in [3.8, 4) is 5.88 Å². The zero-order chi connectivity index (χ0) is 21.8. The van der Waals surface area contributed by atoms with Crippen LogP contribution in [0.1, 0.15) is 12.8 Å². The lowest BCUT2D eigenvalue weighted by Crippen LogP contribution is -2.44. The molecule has 31 heavy (non-hydrogen) atoms. The average Bonchev–Trinajstić information content (AvgIpc) is 3.42. The Morgan fingerprint density at radius 3 is 2.81 bits per heavy atom. The number of hydrogen-bond acceptors (Lipinski definition) is 8. The topological polar surface area (TPSA) is 106 Å². The monoisotopic (exact) mass is 434 g/mol. The van der Waals surface area contributed by atoms with Crippen LogP contribution in [0.2, 0.25) is 0 Å². The number of cyclic esters (lactones) is 1. The normalized spacial score (nSPS) is 19.3. The van der Waals surface area contributed by atoms with Gasteiger partial charge in [-0.25, -0.2) is 14.0 Å². The summed E-state index contributed by atoms with van der Waals surface area (Å²) in [5.41, 5.74) is 0.871. The summed E-state index contributed by atoms with van der Waals surface area (Å²) in [6, 6.07) is 6.24. The van der Waals surface area contributed by atoms with Crippen molar-refractivity contribution in [3.63, 3.8) is 0 Å². The number of carbonyl (C=O) groups excluding carboxylic acids is 2. The molecule has 10 nitrogen and oxygen atoms in total. The molecular formula is C20H23FN4O6. The van der Waals surface area contributed by atoms with Gasteiger partial charge >= 0.3 is 12.2 Å². The summed E-state index contributed by atoms with van der Waals surface area (Å²) in [6.07, 6.45) is 1.22. The Balaban J connectivity index is 1.34. The van der Waals surface area contributed by atoms with E-state index in [2.05, 4.69) is 19.7 Å². The van der Waals surface area contributed by atoms with Gasteiger partial charge in [0.05, 0.1) is 25.0 Å². The first-order chi connectivity index (χ1) is 15.0. The van der Waals surface area contributed by atoms with Crippen molar-refractivity contribution in [3.05, 3.63) is 36.3 Å². The van der Waals surface area contributed by atoms with E-state index < -0.39 is 24.1 Å². The Labute approximate surface area is 177 Å². The van der Waals surface area contributed by atoms with Crippen LogP contribution >= 0.6 is 0 Å². The van der Waals surface area contributed by atoms with E-state index in [1.165, 1.54) is 24.3 Å². The van der Waals surface area contributed by atoms with Gasteiger partial charge < -0.3 is 29.0 Å². The van der Waals surface area contributed by atoms with Crippen LogP contribution in [-0.2, 0) is 9.47 Å². The van der Waals surface area contributed by atoms with E-state index in [9.17, 15) is 14.0 Å². The van der Waals surface area contributed by atoms with E-state index in [0.29, 0.717) is 43.2 Å². The van der Waals surface area contributed by atoms with Crippen molar-refractivity contribution in [2.75, 3.05) is 43.2 Å². The predicted octanol–water partition coefficient (Wildman–Crippen LogP) is 2.54. The summed E-state index contributed by atoms with van der Waals surface area (Å²) < 4.78 is 34.8. The van der Waals surface area contributed by atoms with E-state index in [1.54, 1.807) is 18.2 Å². The molecule has 0 aliphatic carbocycles. The summed E-state index contributed by atoms with van der Waals surface area (Å²) in [5.74, 6) is -0.123. The number of anilines is 2. The minimum atomic E-state index is -0.560. The lowest BCUT2D eigenvalue weighted by Gasteiger charge is -2.34. The molecule has 1 aromatic carbocycles. The molecule has 4 rings (SSSR count). The number of methoxy groups -OCH3 is 1. The van der Waals surface area contributed by atoms with Gasteiger partial charge in [-0.2, -0.15) is 0 Å². The van der Waals surface area contributed by atoms with Gasteiger partial charge in [-0.15, -0.1) is 0 Å². The number of rotatable bonds is 6. The third kappa shape index (κ3) is 4.81. The number of amides is 2. The number of aromatic nitrogens is 1. The largest absolute Gasteiger partial charge is 0.471 e. The van der Waals surface area contributed by atoms with Gasteiger partial charge in [0.15, 0.2) is 6.10 Å². The first-order valence-corrected chi connectivity index (χ1v) is 9.94. The maximum absolute atomic E-state index is 14.9. The van der Waals surface area contributed by atoms with Gasteiger partial charge in [0.1, 0.15) is 18.7 Å². The first-order valence-electron chi connectivity index (χ1n) is 9.94. The highest BCUT2D eigenvalue weighted by molar-refractivity contribution is 5.90. The molecular weight excluding hydrogens is 411 g/mol. The highest BCUT2D eigenvalue weighted by Crippen LogP contribution is 2.29. The summed E-state index contributed by atoms with van der Waals surface area (Å²) in [5, 5.41) is 6.40. The maximum atomic E-state index is 14.9. The van der Waals surface area contributed by atoms with E-state index in [4.69, 9.17) is 9.47 Å². The Hall–Kier alpha value is -3.50. The molecule has 2 fully saturated rings. The molecule has 2 aromatic rings. The van der Waals surface area contributed by atoms with Crippen LogP contribution in [0.15, 0.2) is 35.1 Å². The molecule has 1 atom stereocenters. The van der Waals surface area contributed by atoms with E-state index in [0.717, 1.165) is 0 Å². The van der Waals surface area contributed by atoms with Crippen LogP contribution < -0.4 is 19.9 Å². The molecule has 166 valence electrons. The second-order valence-corrected chi connectivity index (χ2v) is 7.30. The lowest BCUT2D eigenvalue weighted by atomic mass is 10.0. The van der Waals surface area contributed by atoms with Crippen LogP contribution in [0.3, 0.4) is 0 Å². The molecule has 0 bridgehead atoms. The summed E-state index contributed by atoms with van der Waals surface area (Å²) >= 11 is 0. The first kappa shape index (κ1) is 20.8. The fraction of sp³-hybridized carbons (Fsp3) is 0.450. The Morgan fingerprint density at radius 1 is 1.32 bits per heavy atom.